The minimum Gasteiger partial charge on any atom is -0.339 e. The Kier molecular flexibility index (Phi) is 6.10. The van der Waals surface area contributed by atoms with E-state index in [0.717, 1.165) is 10.4 Å². The van der Waals surface area contributed by atoms with Crippen molar-refractivity contribution in [1.82, 2.24) is 19.8 Å². The molecule has 32 heavy (non-hydrogen) atoms. The van der Waals surface area contributed by atoms with Gasteiger partial charge in [-0.3, -0.25) is 14.4 Å². The van der Waals surface area contributed by atoms with Gasteiger partial charge in [0, 0.05) is 49.5 Å². The van der Waals surface area contributed by atoms with Crippen LogP contribution in [0.15, 0.2) is 23.0 Å². The van der Waals surface area contributed by atoms with Crippen LogP contribution >= 0.6 is 11.3 Å². The van der Waals surface area contributed by atoms with Crippen LogP contribution in [-0.2, 0) is 11.2 Å². The van der Waals surface area contributed by atoms with E-state index in [1.165, 1.54) is 17.4 Å². The SMILES string of the molecule is Cc1ccc(C(=O)N2CCN(C(=O)CCc3nc4sc(C)c(C)c4c(=O)[nH]3)CC2)cc1F. The van der Waals surface area contributed by atoms with Crippen LogP contribution in [-0.4, -0.2) is 57.8 Å². The molecule has 3 aromatic rings. The Morgan fingerprint density at radius 3 is 2.50 bits per heavy atom. The van der Waals surface area contributed by atoms with Gasteiger partial charge in [0.15, 0.2) is 0 Å². The fourth-order valence-corrected chi connectivity index (χ4v) is 4.92. The number of halogens is 1. The summed E-state index contributed by atoms with van der Waals surface area (Å²) in [6.45, 7) is 7.16. The maximum atomic E-state index is 13.8. The predicted octanol–water partition coefficient (Wildman–Crippen LogP) is 2.97. The van der Waals surface area contributed by atoms with Gasteiger partial charge < -0.3 is 14.8 Å². The molecule has 1 saturated heterocycles. The first kappa shape index (κ1) is 22.1. The number of amides is 2. The molecule has 3 heterocycles. The van der Waals surface area contributed by atoms with Crippen LogP contribution in [0.2, 0.25) is 0 Å². The summed E-state index contributed by atoms with van der Waals surface area (Å²) in [6, 6.07) is 4.48. The number of carbonyl (C=O) groups is 2. The third-order valence-corrected chi connectivity index (χ3v) is 7.10. The molecule has 1 aliphatic rings. The predicted molar refractivity (Wildman–Crippen MR) is 122 cm³/mol. The number of rotatable bonds is 4. The summed E-state index contributed by atoms with van der Waals surface area (Å²) in [5.74, 6) is -0.165. The average molecular weight is 457 g/mol. The fraction of sp³-hybridized carbons (Fsp3) is 0.391. The number of hydrogen-bond acceptors (Lipinski definition) is 5. The topological polar surface area (TPSA) is 86.4 Å². The normalized spacial score (nSPS) is 14.2. The zero-order valence-electron chi connectivity index (χ0n) is 18.3. The van der Waals surface area contributed by atoms with Gasteiger partial charge in [-0.15, -0.1) is 11.3 Å². The van der Waals surface area contributed by atoms with E-state index in [4.69, 9.17) is 0 Å². The Bertz CT molecular complexity index is 1260. The molecule has 1 aromatic carbocycles. The van der Waals surface area contributed by atoms with Gasteiger partial charge in [0.2, 0.25) is 5.91 Å². The minimum absolute atomic E-state index is 0.0419. The number of H-pyrrole nitrogens is 1. The van der Waals surface area contributed by atoms with E-state index in [0.29, 0.717) is 59.8 Å². The molecule has 9 heteroatoms. The van der Waals surface area contributed by atoms with Crippen molar-refractivity contribution in [2.75, 3.05) is 26.2 Å². The first-order valence-electron chi connectivity index (χ1n) is 10.6. The van der Waals surface area contributed by atoms with Crippen molar-refractivity contribution in [2.24, 2.45) is 0 Å². The average Bonchev–Trinajstić information content (AvgIpc) is 3.07. The van der Waals surface area contributed by atoms with Crippen molar-refractivity contribution in [3.05, 3.63) is 61.8 Å². The van der Waals surface area contributed by atoms with Gasteiger partial charge in [0.25, 0.3) is 11.5 Å². The second kappa shape index (κ2) is 8.82. The smallest absolute Gasteiger partial charge is 0.259 e. The second-order valence-electron chi connectivity index (χ2n) is 8.11. The summed E-state index contributed by atoms with van der Waals surface area (Å²) < 4.78 is 13.8. The van der Waals surface area contributed by atoms with Gasteiger partial charge in [0.05, 0.1) is 5.39 Å². The molecular weight excluding hydrogens is 431 g/mol. The number of piperazine rings is 1. The Hall–Kier alpha value is -3.07. The van der Waals surface area contributed by atoms with Gasteiger partial charge in [-0.2, -0.15) is 0 Å². The molecule has 1 aliphatic heterocycles. The zero-order valence-corrected chi connectivity index (χ0v) is 19.1. The molecule has 1 N–H and O–H groups in total. The van der Waals surface area contributed by atoms with Crippen molar-refractivity contribution in [1.29, 1.82) is 0 Å². The largest absolute Gasteiger partial charge is 0.339 e. The third-order valence-electron chi connectivity index (χ3n) is 6.00. The Balaban J connectivity index is 1.34. The van der Waals surface area contributed by atoms with Crippen LogP contribution in [0.4, 0.5) is 4.39 Å². The molecule has 1 fully saturated rings. The van der Waals surface area contributed by atoms with Crippen molar-refractivity contribution in [3.63, 3.8) is 0 Å². The number of fused-ring (bicyclic) bond motifs is 1. The van der Waals surface area contributed by atoms with Gasteiger partial charge >= 0.3 is 0 Å². The molecule has 4 rings (SSSR count). The number of aryl methyl sites for hydroxylation is 4. The summed E-state index contributed by atoms with van der Waals surface area (Å²) in [6.07, 6.45) is 0.580. The molecule has 2 amide bonds. The van der Waals surface area contributed by atoms with Crippen LogP contribution in [0.25, 0.3) is 10.2 Å². The highest BCUT2D eigenvalue weighted by Crippen LogP contribution is 2.25. The lowest BCUT2D eigenvalue weighted by Gasteiger charge is -2.35. The van der Waals surface area contributed by atoms with Crippen LogP contribution in [0.1, 0.15) is 38.6 Å². The maximum Gasteiger partial charge on any atom is 0.259 e. The molecule has 0 aliphatic carbocycles. The Morgan fingerprint density at radius 2 is 1.81 bits per heavy atom. The minimum atomic E-state index is -0.401. The molecule has 168 valence electrons. The Morgan fingerprint density at radius 1 is 1.12 bits per heavy atom. The first-order valence-corrected chi connectivity index (χ1v) is 11.4. The van der Waals surface area contributed by atoms with E-state index in [2.05, 4.69) is 9.97 Å². The molecule has 0 bridgehead atoms. The summed E-state index contributed by atoms with van der Waals surface area (Å²) in [7, 11) is 0. The highest BCUT2D eigenvalue weighted by atomic mass is 32.1. The number of nitrogens with one attached hydrogen (secondary N) is 1. The molecule has 2 aromatic heterocycles. The van der Waals surface area contributed by atoms with Gasteiger partial charge in [-0.25, -0.2) is 9.37 Å². The van der Waals surface area contributed by atoms with Crippen molar-refractivity contribution in [2.45, 2.75) is 33.6 Å². The highest BCUT2D eigenvalue weighted by Gasteiger charge is 2.25. The lowest BCUT2D eigenvalue weighted by atomic mass is 10.1. The van der Waals surface area contributed by atoms with E-state index in [1.807, 2.05) is 13.8 Å². The van der Waals surface area contributed by atoms with E-state index in [1.54, 1.807) is 28.9 Å². The number of aromatic amines is 1. The second-order valence-corrected chi connectivity index (χ2v) is 9.32. The quantitative estimate of drug-likeness (QED) is 0.654. The third kappa shape index (κ3) is 4.29. The summed E-state index contributed by atoms with van der Waals surface area (Å²) in [5.41, 5.74) is 1.59. The van der Waals surface area contributed by atoms with Crippen molar-refractivity contribution in [3.8, 4) is 0 Å². The zero-order chi connectivity index (χ0) is 23.0. The van der Waals surface area contributed by atoms with Crippen molar-refractivity contribution < 1.29 is 14.0 Å². The molecular formula is C23H25FN4O3S. The molecule has 0 unspecified atom stereocenters. The van der Waals surface area contributed by atoms with E-state index < -0.39 is 5.82 Å². The lowest BCUT2D eigenvalue weighted by molar-refractivity contribution is -0.132. The van der Waals surface area contributed by atoms with Gasteiger partial charge in [-0.1, -0.05) is 6.07 Å². The molecule has 0 saturated carbocycles. The maximum absolute atomic E-state index is 13.8. The number of nitrogens with zero attached hydrogens (tertiary/aromatic N) is 3. The molecule has 0 atom stereocenters. The summed E-state index contributed by atoms with van der Waals surface area (Å²) >= 11 is 1.48. The Labute approximate surface area is 188 Å². The number of aromatic nitrogens is 2. The highest BCUT2D eigenvalue weighted by molar-refractivity contribution is 7.18. The number of thiophene rings is 1. The van der Waals surface area contributed by atoms with Crippen molar-refractivity contribution >= 4 is 33.4 Å². The standard InChI is InChI=1S/C23H25FN4O3S/c1-13-4-5-16(12-17(13)24)23(31)28-10-8-27(9-11-28)19(29)7-6-18-25-21(30)20-14(2)15(3)32-22(20)26-18/h4-5,12H,6-11H2,1-3H3,(H,25,26,30). The van der Waals surface area contributed by atoms with E-state index in [9.17, 15) is 18.8 Å². The monoisotopic (exact) mass is 456 g/mol. The summed E-state index contributed by atoms with van der Waals surface area (Å²) in [5, 5.41) is 0.622. The lowest BCUT2D eigenvalue weighted by Crippen LogP contribution is -2.50. The van der Waals surface area contributed by atoms with E-state index >= 15 is 0 Å². The van der Waals surface area contributed by atoms with Gasteiger partial charge in [0.1, 0.15) is 16.5 Å². The van der Waals surface area contributed by atoms with E-state index in [-0.39, 0.29) is 23.8 Å². The molecule has 0 spiro atoms. The van der Waals surface area contributed by atoms with Crippen LogP contribution in [0.3, 0.4) is 0 Å². The first-order chi connectivity index (χ1) is 15.2. The number of benzene rings is 1. The van der Waals surface area contributed by atoms with Crippen LogP contribution in [0.5, 0.6) is 0 Å². The van der Waals surface area contributed by atoms with Crippen LogP contribution < -0.4 is 5.56 Å². The van der Waals surface area contributed by atoms with Crippen LogP contribution in [0, 0.1) is 26.6 Å². The van der Waals surface area contributed by atoms with Gasteiger partial charge in [-0.05, 0) is 44.0 Å². The molecule has 7 nitrogen and oxygen atoms in total. The molecule has 0 radical (unpaired) electrons. The number of hydrogen-bond donors (Lipinski definition) is 1. The fourth-order valence-electron chi connectivity index (χ4n) is 3.87. The summed E-state index contributed by atoms with van der Waals surface area (Å²) in [4.78, 5) is 50.1. The number of carbonyl (C=O) groups excluding carboxylic acids is 2.